The zero-order valence-electron chi connectivity index (χ0n) is 20.0. The van der Waals surface area contributed by atoms with Gasteiger partial charge in [-0.25, -0.2) is 4.98 Å². The number of terminal acetylenes is 1. The summed E-state index contributed by atoms with van der Waals surface area (Å²) in [5.41, 5.74) is 0.812. The third-order valence-corrected chi connectivity index (χ3v) is 7.64. The number of hydrogen-bond acceptors (Lipinski definition) is 6. The molecule has 4 rings (SSSR count). The minimum absolute atomic E-state index is 0.0224. The lowest BCUT2D eigenvalue weighted by atomic mass is 9.89. The average molecular weight is 482 g/mol. The van der Waals surface area contributed by atoms with Gasteiger partial charge in [0.05, 0.1) is 19.9 Å². The molecule has 0 radical (unpaired) electrons. The van der Waals surface area contributed by atoms with Crippen molar-refractivity contribution in [1.29, 1.82) is 0 Å². The van der Waals surface area contributed by atoms with Crippen molar-refractivity contribution in [3.05, 3.63) is 33.8 Å². The number of methoxy groups -OCH3 is 2. The van der Waals surface area contributed by atoms with E-state index in [1.807, 2.05) is 11.8 Å². The highest BCUT2D eigenvalue weighted by Gasteiger charge is 2.41. The number of rotatable bonds is 7. The van der Waals surface area contributed by atoms with E-state index in [9.17, 15) is 9.59 Å². The standard InChI is InChI=1S/C26H31N3O4S/c1-5-23-27-24(17(2)34-23)26(31)29(19-13-20(32-3)15-21(14-19)33-4)22-11-12-28(25(22)30)16-18-9-7-6-8-10-18/h1,13-15,18,22H,6-12,16H2,2-4H3. The number of aryl methyl sites for hydroxylation is 1. The lowest BCUT2D eigenvalue weighted by molar-refractivity contribution is -0.129. The number of nitrogens with zero attached hydrogens (tertiary/aromatic N) is 3. The van der Waals surface area contributed by atoms with E-state index in [4.69, 9.17) is 15.9 Å². The molecule has 1 saturated carbocycles. The van der Waals surface area contributed by atoms with Crippen LogP contribution < -0.4 is 14.4 Å². The predicted molar refractivity (Wildman–Crippen MR) is 133 cm³/mol. The van der Waals surface area contributed by atoms with Gasteiger partial charge in [0.15, 0.2) is 5.01 Å². The van der Waals surface area contributed by atoms with Gasteiger partial charge in [0, 0.05) is 36.2 Å². The lowest BCUT2D eigenvalue weighted by Gasteiger charge is -2.30. The Morgan fingerprint density at radius 1 is 1.18 bits per heavy atom. The largest absolute Gasteiger partial charge is 0.497 e. The Bertz CT molecular complexity index is 1080. The second kappa shape index (κ2) is 10.5. The highest BCUT2D eigenvalue weighted by Crippen LogP contribution is 2.34. The SMILES string of the molecule is C#Cc1nc(C(=O)N(c2cc(OC)cc(OC)c2)C2CCN(CC3CCCCC3)C2=O)c(C)s1. The normalized spacial score (nSPS) is 18.6. The molecule has 34 heavy (non-hydrogen) atoms. The van der Waals surface area contributed by atoms with E-state index in [0.717, 1.165) is 24.3 Å². The molecule has 1 aliphatic heterocycles. The molecule has 1 atom stereocenters. The summed E-state index contributed by atoms with van der Waals surface area (Å²) in [5, 5.41) is 0.445. The van der Waals surface area contributed by atoms with Gasteiger partial charge in [-0.05, 0) is 38.0 Å². The summed E-state index contributed by atoms with van der Waals surface area (Å²) in [6.07, 6.45) is 12.1. The summed E-state index contributed by atoms with van der Waals surface area (Å²) in [5.74, 6) is 3.76. The maximum atomic E-state index is 13.9. The van der Waals surface area contributed by atoms with Crippen molar-refractivity contribution in [3.8, 4) is 23.8 Å². The van der Waals surface area contributed by atoms with Crippen LogP contribution >= 0.6 is 11.3 Å². The van der Waals surface area contributed by atoms with E-state index in [1.54, 1.807) is 37.3 Å². The zero-order chi connectivity index (χ0) is 24.2. The van der Waals surface area contributed by atoms with E-state index in [-0.39, 0.29) is 17.5 Å². The number of carbonyl (C=O) groups is 2. The molecule has 0 spiro atoms. The van der Waals surface area contributed by atoms with Crippen molar-refractivity contribution < 1.29 is 19.1 Å². The quantitative estimate of drug-likeness (QED) is 0.552. The van der Waals surface area contributed by atoms with Crippen LogP contribution in [-0.2, 0) is 4.79 Å². The van der Waals surface area contributed by atoms with Crippen LogP contribution in [0.4, 0.5) is 5.69 Å². The topological polar surface area (TPSA) is 72.0 Å². The molecule has 180 valence electrons. The number of anilines is 1. The maximum Gasteiger partial charge on any atom is 0.278 e. The molecule has 1 aromatic carbocycles. The summed E-state index contributed by atoms with van der Waals surface area (Å²) in [6.45, 7) is 3.22. The number of amides is 2. The molecule has 0 bridgehead atoms. The van der Waals surface area contributed by atoms with E-state index in [2.05, 4.69) is 10.9 Å². The van der Waals surface area contributed by atoms with Gasteiger partial charge in [-0.15, -0.1) is 17.8 Å². The molecule has 7 nitrogen and oxygen atoms in total. The lowest BCUT2D eigenvalue weighted by Crippen LogP contribution is -2.46. The first-order chi connectivity index (χ1) is 16.4. The molecular weight excluding hydrogens is 450 g/mol. The molecule has 1 saturated heterocycles. The molecule has 2 amide bonds. The van der Waals surface area contributed by atoms with Crippen LogP contribution in [-0.4, -0.2) is 55.0 Å². The van der Waals surface area contributed by atoms with Crippen LogP contribution in [0, 0.1) is 25.2 Å². The molecule has 8 heteroatoms. The van der Waals surface area contributed by atoms with Gasteiger partial charge < -0.3 is 14.4 Å². The first kappa shape index (κ1) is 24.1. The Labute approximate surface area is 205 Å². The highest BCUT2D eigenvalue weighted by atomic mass is 32.1. The second-order valence-corrected chi connectivity index (χ2v) is 10.1. The number of hydrogen-bond donors (Lipinski definition) is 0. The summed E-state index contributed by atoms with van der Waals surface area (Å²) < 4.78 is 10.9. The zero-order valence-corrected chi connectivity index (χ0v) is 20.8. The molecule has 2 heterocycles. The van der Waals surface area contributed by atoms with Gasteiger partial charge in [0.2, 0.25) is 5.91 Å². The molecule has 1 unspecified atom stereocenters. The molecule has 2 fully saturated rings. The molecule has 0 N–H and O–H groups in total. The average Bonchev–Trinajstić information content (AvgIpc) is 3.42. The van der Waals surface area contributed by atoms with Crippen LogP contribution in [0.1, 0.15) is 58.9 Å². The van der Waals surface area contributed by atoms with Crippen molar-refractivity contribution >= 4 is 28.8 Å². The predicted octanol–water partition coefficient (Wildman–Crippen LogP) is 4.28. The van der Waals surface area contributed by atoms with Gasteiger partial charge in [-0.3, -0.25) is 14.5 Å². The second-order valence-electron chi connectivity index (χ2n) is 8.91. The van der Waals surface area contributed by atoms with Gasteiger partial charge in [0.1, 0.15) is 23.2 Å². The van der Waals surface area contributed by atoms with E-state index < -0.39 is 6.04 Å². The number of carbonyl (C=O) groups excluding carboxylic acids is 2. The molecule has 1 aliphatic carbocycles. The molecular formula is C26H31N3O4S. The fourth-order valence-electron chi connectivity index (χ4n) is 4.97. The number of likely N-dealkylation sites (tertiary alicyclic amines) is 1. The van der Waals surface area contributed by atoms with Crippen molar-refractivity contribution in [2.45, 2.75) is 51.5 Å². The third-order valence-electron chi connectivity index (χ3n) is 6.74. The minimum atomic E-state index is -0.622. The van der Waals surface area contributed by atoms with Gasteiger partial charge in [0.25, 0.3) is 5.91 Å². The Balaban J connectivity index is 1.69. The summed E-state index contributed by atoms with van der Waals surface area (Å²) in [7, 11) is 3.11. The van der Waals surface area contributed by atoms with Crippen LogP contribution in [0.25, 0.3) is 0 Å². The van der Waals surface area contributed by atoms with Crippen LogP contribution in [0.2, 0.25) is 0 Å². The van der Waals surface area contributed by atoms with Gasteiger partial charge in [-0.1, -0.05) is 19.3 Å². The van der Waals surface area contributed by atoms with Gasteiger partial charge >= 0.3 is 0 Å². The fourth-order valence-corrected chi connectivity index (χ4v) is 5.68. The van der Waals surface area contributed by atoms with Crippen molar-refractivity contribution in [3.63, 3.8) is 0 Å². The van der Waals surface area contributed by atoms with Crippen molar-refractivity contribution in [1.82, 2.24) is 9.88 Å². The van der Waals surface area contributed by atoms with Crippen LogP contribution in [0.3, 0.4) is 0 Å². The first-order valence-electron chi connectivity index (χ1n) is 11.7. The van der Waals surface area contributed by atoms with E-state index in [0.29, 0.717) is 41.1 Å². The summed E-state index contributed by atoms with van der Waals surface area (Å²) in [4.78, 5) is 36.1. The fraction of sp³-hybridized carbons (Fsp3) is 0.500. The molecule has 2 aromatic rings. The minimum Gasteiger partial charge on any atom is -0.497 e. The van der Waals surface area contributed by atoms with Crippen molar-refractivity contribution in [2.75, 3.05) is 32.2 Å². The first-order valence-corrected chi connectivity index (χ1v) is 12.6. The maximum absolute atomic E-state index is 13.9. The van der Waals surface area contributed by atoms with Crippen LogP contribution in [0.5, 0.6) is 11.5 Å². The van der Waals surface area contributed by atoms with E-state index >= 15 is 0 Å². The Kier molecular flexibility index (Phi) is 7.42. The molecule has 2 aliphatic rings. The highest BCUT2D eigenvalue weighted by molar-refractivity contribution is 7.12. The monoisotopic (exact) mass is 481 g/mol. The Morgan fingerprint density at radius 2 is 1.85 bits per heavy atom. The van der Waals surface area contributed by atoms with Crippen LogP contribution in [0.15, 0.2) is 18.2 Å². The summed E-state index contributed by atoms with van der Waals surface area (Å²) >= 11 is 1.30. The van der Waals surface area contributed by atoms with Gasteiger partial charge in [-0.2, -0.15) is 0 Å². The smallest absolute Gasteiger partial charge is 0.278 e. The third kappa shape index (κ3) is 4.90. The summed E-state index contributed by atoms with van der Waals surface area (Å²) in [6, 6.07) is 4.62. The number of aromatic nitrogens is 1. The van der Waals surface area contributed by atoms with Crippen molar-refractivity contribution in [2.24, 2.45) is 5.92 Å². The Hall–Kier alpha value is -3.05. The number of ether oxygens (including phenoxy) is 2. The molecule has 1 aromatic heterocycles. The Morgan fingerprint density at radius 3 is 2.44 bits per heavy atom. The number of benzene rings is 1. The van der Waals surface area contributed by atoms with E-state index in [1.165, 1.54) is 30.6 Å². The number of thiazole rings is 1.